The first-order chi connectivity index (χ1) is 8.83. The molecule has 0 amide bonds. The number of benzene rings is 1. The number of rotatable bonds is 2. The molecular weight excluding hydrogens is 228 g/mol. The van der Waals surface area contributed by atoms with Crippen molar-refractivity contribution in [2.45, 2.75) is 37.4 Å². The molecule has 3 rings (SSSR count). The summed E-state index contributed by atoms with van der Waals surface area (Å²) in [4.78, 5) is 11.1. The Kier molecular flexibility index (Phi) is 3.18. The van der Waals surface area contributed by atoms with Crippen LogP contribution in [0.15, 0.2) is 24.3 Å². The van der Waals surface area contributed by atoms with Crippen molar-refractivity contribution < 1.29 is 14.3 Å². The molecule has 1 spiro atoms. The minimum absolute atomic E-state index is 0.313. The summed E-state index contributed by atoms with van der Waals surface area (Å²) in [7, 11) is 0. The third kappa shape index (κ3) is 2.08. The maximum absolute atomic E-state index is 11.1. The van der Waals surface area contributed by atoms with Crippen LogP contribution < -0.4 is 0 Å². The van der Waals surface area contributed by atoms with E-state index in [4.69, 9.17) is 9.47 Å². The number of ether oxygens (including phenoxy) is 2. The highest BCUT2D eigenvalue weighted by molar-refractivity contribution is 5.77. The quantitative estimate of drug-likeness (QED) is 0.753. The zero-order chi connectivity index (χ0) is 12.4. The molecule has 1 saturated heterocycles. The van der Waals surface area contributed by atoms with Crippen molar-refractivity contribution in [3.63, 3.8) is 0 Å². The van der Waals surface area contributed by atoms with Gasteiger partial charge in [0.05, 0.1) is 13.2 Å². The summed E-state index contributed by atoms with van der Waals surface area (Å²) < 4.78 is 11.5. The van der Waals surface area contributed by atoms with E-state index >= 15 is 0 Å². The Morgan fingerprint density at radius 1 is 1.11 bits per heavy atom. The molecule has 1 heterocycles. The predicted octanol–water partition coefficient (Wildman–Crippen LogP) is 2.90. The van der Waals surface area contributed by atoms with Crippen molar-refractivity contribution in [2.24, 2.45) is 0 Å². The van der Waals surface area contributed by atoms with Gasteiger partial charge in [-0.15, -0.1) is 0 Å². The first kappa shape index (κ1) is 11.9. The van der Waals surface area contributed by atoms with Crippen molar-refractivity contribution in [1.82, 2.24) is 0 Å². The van der Waals surface area contributed by atoms with Gasteiger partial charge < -0.3 is 9.47 Å². The molecule has 0 bridgehead atoms. The van der Waals surface area contributed by atoms with Crippen LogP contribution in [0.2, 0.25) is 0 Å². The molecule has 3 heteroatoms. The second-order valence-electron chi connectivity index (χ2n) is 5.13. The van der Waals surface area contributed by atoms with Gasteiger partial charge in [-0.3, -0.25) is 4.79 Å². The summed E-state index contributed by atoms with van der Waals surface area (Å²) in [6, 6.07) is 7.90. The zero-order valence-electron chi connectivity index (χ0n) is 10.4. The van der Waals surface area contributed by atoms with Crippen molar-refractivity contribution in [3.05, 3.63) is 35.4 Å². The molecule has 18 heavy (non-hydrogen) atoms. The number of hydrogen-bond donors (Lipinski definition) is 0. The van der Waals surface area contributed by atoms with Crippen LogP contribution in [0.25, 0.3) is 0 Å². The molecule has 3 nitrogen and oxygen atoms in total. The van der Waals surface area contributed by atoms with Crippen LogP contribution in [0.3, 0.4) is 0 Å². The molecule has 0 atom stereocenters. The average molecular weight is 246 g/mol. The van der Waals surface area contributed by atoms with Gasteiger partial charge in [0.1, 0.15) is 6.29 Å². The van der Waals surface area contributed by atoms with Crippen molar-refractivity contribution in [3.8, 4) is 0 Å². The summed E-state index contributed by atoms with van der Waals surface area (Å²) >= 11 is 0. The minimum Gasteiger partial charge on any atom is -0.348 e. The number of carbonyl (C=O) groups excluding carboxylic acids is 1. The van der Waals surface area contributed by atoms with E-state index in [0.717, 1.165) is 50.7 Å². The summed E-state index contributed by atoms with van der Waals surface area (Å²) in [6.45, 7) is 1.44. The lowest BCUT2D eigenvalue weighted by Gasteiger charge is -2.35. The third-order valence-electron chi connectivity index (χ3n) is 4.12. The van der Waals surface area contributed by atoms with E-state index in [0.29, 0.717) is 5.92 Å². The van der Waals surface area contributed by atoms with E-state index in [9.17, 15) is 4.79 Å². The maximum atomic E-state index is 11.1. The fourth-order valence-corrected chi connectivity index (χ4v) is 3.14. The molecule has 2 aliphatic rings. The largest absolute Gasteiger partial charge is 0.348 e. The topological polar surface area (TPSA) is 35.5 Å². The van der Waals surface area contributed by atoms with Gasteiger partial charge >= 0.3 is 0 Å². The standard InChI is InChI=1S/C15H18O3/c16-11-13-3-1-2-4-14(13)12-5-7-15(8-6-12)17-9-10-18-15/h1-4,11-12H,5-10H2. The molecule has 1 aromatic carbocycles. The molecule has 96 valence electrons. The molecule has 2 fully saturated rings. The van der Waals surface area contributed by atoms with E-state index in [1.54, 1.807) is 0 Å². The lowest BCUT2D eigenvalue weighted by atomic mass is 9.79. The van der Waals surface area contributed by atoms with E-state index in [2.05, 4.69) is 6.07 Å². The average Bonchev–Trinajstić information content (AvgIpc) is 2.88. The minimum atomic E-state index is -0.313. The highest BCUT2D eigenvalue weighted by atomic mass is 16.7. The van der Waals surface area contributed by atoms with Gasteiger partial charge in [-0.2, -0.15) is 0 Å². The molecular formula is C15H18O3. The van der Waals surface area contributed by atoms with Crippen LogP contribution in [0.1, 0.15) is 47.5 Å². The van der Waals surface area contributed by atoms with Gasteiger partial charge in [0.25, 0.3) is 0 Å². The fraction of sp³-hybridized carbons (Fsp3) is 0.533. The second-order valence-corrected chi connectivity index (χ2v) is 5.13. The monoisotopic (exact) mass is 246 g/mol. The van der Waals surface area contributed by atoms with E-state index in [1.807, 2.05) is 18.2 Å². The van der Waals surface area contributed by atoms with Crippen molar-refractivity contribution in [2.75, 3.05) is 13.2 Å². The van der Waals surface area contributed by atoms with Gasteiger partial charge in [0.15, 0.2) is 5.79 Å². The molecule has 0 radical (unpaired) electrons. The lowest BCUT2D eigenvalue weighted by Crippen LogP contribution is -2.34. The molecule has 1 saturated carbocycles. The van der Waals surface area contributed by atoms with Crippen LogP contribution in [0, 0.1) is 0 Å². The van der Waals surface area contributed by atoms with Gasteiger partial charge in [-0.1, -0.05) is 24.3 Å². The van der Waals surface area contributed by atoms with Gasteiger partial charge in [-0.25, -0.2) is 0 Å². The van der Waals surface area contributed by atoms with E-state index < -0.39 is 0 Å². The van der Waals surface area contributed by atoms with E-state index in [1.165, 1.54) is 5.56 Å². The molecule has 0 N–H and O–H groups in total. The van der Waals surface area contributed by atoms with Crippen LogP contribution in [0.5, 0.6) is 0 Å². The first-order valence-electron chi connectivity index (χ1n) is 6.65. The Bertz CT molecular complexity index is 425. The SMILES string of the molecule is O=Cc1ccccc1C1CCC2(CC1)OCCO2. The van der Waals surface area contributed by atoms with Crippen LogP contribution in [-0.4, -0.2) is 25.3 Å². The fourth-order valence-electron chi connectivity index (χ4n) is 3.14. The Morgan fingerprint density at radius 2 is 1.78 bits per heavy atom. The maximum Gasteiger partial charge on any atom is 0.168 e. The molecule has 1 aromatic rings. The van der Waals surface area contributed by atoms with Crippen molar-refractivity contribution >= 4 is 6.29 Å². The summed E-state index contributed by atoms with van der Waals surface area (Å²) in [5, 5.41) is 0. The third-order valence-corrected chi connectivity index (χ3v) is 4.12. The Hall–Kier alpha value is -1.19. The Labute approximate surface area is 107 Å². The number of carbonyl (C=O) groups is 1. The first-order valence-corrected chi connectivity index (χ1v) is 6.65. The number of aldehydes is 1. The zero-order valence-corrected chi connectivity index (χ0v) is 10.4. The van der Waals surface area contributed by atoms with E-state index in [-0.39, 0.29) is 5.79 Å². The van der Waals surface area contributed by atoms with Gasteiger partial charge in [0, 0.05) is 18.4 Å². The van der Waals surface area contributed by atoms with Crippen LogP contribution in [0.4, 0.5) is 0 Å². The highest BCUT2D eigenvalue weighted by Gasteiger charge is 2.40. The summed E-state index contributed by atoms with van der Waals surface area (Å²) in [5.41, 5.74) is 2.01. The van der Waals surface area contributed by atoms with Gasteiger partial charge in [-0.05, 0) is 24.3 Å². The van der Waals surface area contributed by atoms with Crippen LogP contribution >= 0.6 is 0 Å². The second kappa shape index (κ2) is 4.82. The lowest BCUT2D eigenvalue weighted by molar-refractivity contribution is -0.178. The molecule has 0 aromatic heterocycles. The normalized spacial score (nSPS) is 23.3. The van der Waals surface area contributed by atoms with Gasteiger partial charge in [0.2, 0.25) is 0 Å². The number of hydrogen-bond acceptors (Lipinski definition) is 3. The molecule has 0 unspecified atom stereocenters. The van der Waals surface area contributed by atoms with Crippen LogP contribution in [-0.2, 0) is 9.47 Å². The Morgan fingerprint density at radius 3 is 2.44 bits per heavy atom. The molecule has 1 aliphatic carbocycles. The predicted molar refractivity (Wildman–Crippen MR) is 67.7 cm³/mol. The Balaban J connectivity index is 1.74. The summed E-state index contributed by atoms with van der Waals surface area (Å²) in [6.07, 6.45) is 4.90. The summed E-state index contributed by atoms with van der Waals surface area (Å²) in [5.74, 6) is 0.150. The highest BCUT2D eigenvalue weighted by Crippen LogP contribution is 2.42. The molecule has 1 aliphatic heterocycles. The van der Waals surface area contributed by atoms with Crippen molar-refractivity contribution in [1.29, 1.82) is 0 Å². The smallest absolute Gasteiger partial charge is 0.168 e.